The van der Waals surface area contributed by atoms with Crippen molar-refractivity contribution in [3.05, 3.63) is 0 Å². The van der Waals surface area contributed by atoms with Gasteiger partial charge in [0.2, 0.25) is 6.23 Å². The van der Waals surface area contributed by atoms with Crippen molar-refractivity contribution in [1.29, 1.82) is 0 Å². The molecule has 2 amide bonds. The maximum absolute atomic E-state index is 11.5. The Morgan fingerprint density at radius 1 is 1.50 bits per heavy atom. The molecule has 2 rings (SSSR count). The first-order chi connectivity index (χ1) is 7.50. The van der Waals surface area contributed by atoms with E-state index in [2.05, 4.69) is 0 Å². The third-order valence-corrected chi connectivity index (χ3v) is 3.14. The van der Waals surface area contributed by atoms with Crippen LogP contribution in [0.3, 0.4) is 0 Å². The molecule has 1 saturated carbocycles. The summed E-state index contributed by atoms with van der Waals surface area (Å²) in [7, 11) is 1.61. The van der Waals surface area contributed by atoms with Crippen molar-refractivity contribution in [3.8, 4) is 0 Å². The number of nitrogens with zero attached hydrogens (tertiary/aromatic N) is 2. The van der Waals surface area contributed by atoms with Crippen LogP contribution in [-0.2, 0) is 9.53 Å². The fourth-order valence-corrected chi connectivity index (χ4v) is 1.67. The van der Waals surface area contributed by atoms with Gasteiger partial charge in [-0.1, -0.05) is 0 Å². The Balaban J connectivity index is 1.98. The lowest BCUT2D eigenvalue weighted by molar-refractivity contribution is -0.209. The van der Waals surface area contributed by atoms with Gasteiger partial charge in [-0.15, -0.1) is 0 Å². The van der Waals surface area contributed by atoms with Crippen LogP contribution in [-0.4, -0.2) is 46.5 Å². The number of urea groups is 1. The van der Waals surface area contributed by atoms with Crippen LogP contribution in [0, 0.1) is 5.92 Å². The zero-order valence-electron chi connectivity index (χ0n) is 9.42. The van der Waals surface area contributed by atoms with Gasteiger partial charge in [-0.25, -0.2) is 4.79 Å². The number of hydrogen-bond donors (Lipinski definition) is 1. The highest BCUT2D eigenvalue weighted by Gasteiger charge is 2.40. The highest BCUT2D eigenvalue weighted by molar-refractivity contribution is 5.77. The molecule has 0 radical (unpaired) electrons. The summed E-state index contributed by atoms with van der Waals surface area (Å²) < 4.78 is 5.11. The number of hydroxylamine groups is 2. The van der Waals surface area contributed by atoms with E-state index in [9.17, 15) is 14.8 Å². The Hall–Kier alpha value is -1.30. The molecule has 1 aliphatic carbocycles. The summed E-state index contributed by atoms with van der Waals surface area (Å²) in [5, 5.41) is 10.0. The molecule has 6 nitrogen and oxygen atoms in total. The summed E-state index contributed by atoms with van der Waals surface area (Å²) in [6.45, 7) is 1.85. The molecule has 0 aromatic rings. The molecule has 2 aliphatic rings. The molecule has 2 fully saturated rings. The lowest BCUT2D eigenvalue weighted by atomic mass is 10.1. The molecule has 1 saturated heterocycles. The first kappa shape index (κ1) is 11.2. The van der Waals surface area contributed by atoms with E-state index in [0.29, 0.717) is 11.5 Å². The number of carbonyl (C=O) groups excluding carboxylic acids is 2. The summed E-state index contributed by atoms with van der Waals surface area (Å²) in [6.07, 6.45) is 1.28. The third-order valence-electron chi connectivity index (χ3n) is 3.14. The summed E-state index contributed by atoms with van der Waals surface area (Å²) in [5.41, 5.74) is 0. The average Bonchev–Trinajstić information content (AvgIpc) is 3.06. The molecule has 0 aromatic heterocycles. The van der Waals surface area contributed by atoms with E-state index in [1.54, 1.807) is 7.05 Å². The highest BCUT2D eigenvalue weighted by Crippen LogP contribution is 2.31. The van der Waals surface area contributed by atoms with Gasteiger partial charge in [0.1, 0.15) is 0 Å². The van der Waals surface area contributed by atoms with Gasteiger partial charge in [0.25, 0.3) is 0 Å². The second kappa shape index (κ2) is 3.93. The van der Waals surface area contributed by atoms with Crippen molar-refractivity contribution in [1.82, 2.24) is 9.96 Å². The second-order valence-corrected chi connectivity index (χ2v) is 4.49. The molecular formula is C10H16N2O4. The van der Waals surface area contributed by atoms with Crippen molar-refractivity contribution in [2.24, 2.45) is 5.92 Å². The molecule has 1 heterocycles. The maximum atomic E-state index is 11.5. The largest absolute Gasteiger partial charge is 0.439 e. The predicted molar refractivity (Wildman–Crippen MR) is 53.5 cm³/mol. The van der Waals surface area contributed by atoms with Crippen LogP contribution in [0.15, 0.2) is 0 Å². The molecule has 1 aliphatic heterocycles. The Kier molecular flexibility index (Phi) is 2.75. The predicted octanol–water partition coefficient (Wildman–Crippen LogP) is 0.801. The van der Waals surface area contributed by atoms with Crippen LogP contribution in [0.1, 0.15) is 26.2 Å². The molecule has 2 unspecified atom stereocenters. The van der Waals surface area contributed by atoms with Gasteiger partial charge in [0.15, 0.2) is 0 Å². The van der Waals surface area contributed by atoms with Crippen molar-refractivity contribution in [2.75, 3.05) is 7.05 Å². The fraction of sp³-hybridized carbons (Fsp3) is 0.800. The van der Waals surface area contributed by atoms with Gasteiger partial charge in [-0.05, 0) is 19.8 Å². The molecule has 0 bridgehead atoms. The minimum absolute atomic E-state index is 0.0292. The number of carbonyl (C=O) groups is 2. The number of rotatable bonds is 2. The summed E-state index contributed by atoms with van der Waals surface area (Å²) in [4.78, 5) is 24.4. The Bertz CT molecular complexity index is 316. The van der Waals surface area contributed by atoms with E-state index in [4.69, 9.17) is 4.74 Å². The SMILES string of the molecule is CC1CC(OC(=O)C2CC2)N(O)C(=O)N1C. The topological polar surface area (TPSA) is 70.1 Å². The smallest absolute Gasteiger partial charge is 0.347 e. The average molecular weight is 228 g/mol. The Labute approximate surface area is 93.7 Å². The highest BCUT2D eigenvalue weighted by atomic mass is 16.6. The Morgan fingerprint density at radius 2 is 2.12 bits per heavy atom. The summed E-state index contributed by atoms with van der Waals surface area (Å²) >= 11 is 0. The molecule has 6 heteroatoms. The first-order valence-corrected chi connectivity index (χ1v) is 5.46. The van der Waals surface area contributed by atoms with Gasteiger partial charge < -0.3 is 9.64 Å². The van der Waals surface area contributed by atoms with Crippen LogP contribution in [0.2, 0.25) is 0 Å². The monoisotopic (exact) mass is 228 g/mol. The molecule has 0 spiro atoms. The number of amides is 2. The van der Waals surface area contributed by atoms with Gasteiger partial charge in [-0.2, -0.15) is 5.06 Å². The maximum Gasteiger partial charge on any atom is 0.347 e. The number of hydrogen-bond acceptors (Lipinski definition) is 4. The molecular weight excluding hydrogens is 212 g/mol. The lowest BCUT2D eigenvalue weighted by Crippen LogP contribution is -2.56. The van der Waals surface area contributed by atoms with Crippen LogP contribution >= 0.6 is 0 Å². The summed E-state index contributed by atoms with van der Waals surface area (Å²) in [5.74, 6) is -0.341. The molecule has 2 atom stereocenters. The zero-order chi connectivity index (χ0) is 11.9. The number of esters is 1. The molecule has 1 N–H and O–H groups in total. The third kappa shape index (κ3) is 1.97. The van der Waals surface area contributed by atoms with Crippen molar-refractivity contribution < 1.29 is 19.5 Å². The van der Waals surface area contributed by atoms with E-state index in [1.165, 1.54) is 4.90 Å². The minimum Gasteiger partial charge on any atom is -0.439 e. The second-order valence-electron chi connectivity index (χ2n) is 4.49. The van der Waals surface area contributed by atoms with Crippen molar-refractivity contribution in [3.63, 3.8) is 0 Å². The van der Waals surface area contributed by atoms with Gasteiger partial charge >= 0.3 is 12.0 Å². The normalized spacial score (nSPS) is 30.6. The standard InChI is InChI=1S/C10H16N2O4/c1-6-5-8(12(15)10(14)11(6)2)16-9(13)7-3-4-7/h6-8,15H,3-5H2,1-2H3. The Morgan fingerprint density at radius 3 is 2.69 bits per heavy atom. The fourth-order valence-electron chi connectivity index (χ4n) is 1.67. The van der Waals surface area contributed by atoms with Crippen LogP contribution in [0.25, 0.3) is 0 Å². The quantitative estimate of drug-likeness (QED) is 0.560. The van der Waals surface area contributed by atoms with Crippen LogP contribution in [0.5, 0.6) is 0 Å². The van der Waals surface area contributed by atoms with Gasteiger partial charge in [0.05, 0.1) is 5.92 Å². The van der Waals surface area contributed by atoms with Crippen LogP contribution in [0.4, 0.5) is 4.79 Å². The lowest BCUT2D eigenvalue weighted by Gasteiger charge is -2.39. The minimum atomic E-state index is -0.841. The van der Waals surface area contributed by atoms with Gasteiger partial charge in [-0.3, -0.25) is 10.0 Å². The first-order valence-electron chi connectivity index (χ1n) is 5.46. The molecule has 90 valence electrons. The molecule has 16 heavy (non-hydrogen) atoms. The van der Waals surface area contributed by atoms with Crippen LogP contribution < -0.4 is 0 Å². The summed E-state index contributed by atoms with van der Waals surface area (Å²) in [6, 6.07) is -0.583. The van der Waals surface area contributed by atoms with E-state index in [0.717, 1.165) is 12.8 Å². The van der Waals surface area contributed by atoms with Crippen molar-refractivity contribution >= 4 is 12.0 Å². The van der Waals surface area contributed by atoms with E-state index in [1.807, 2.05) is 6.92 Å². The van der Waals surface area contributed by atoms with E-state index in [-0.39, 0.29) is 17.9 Å². The van der Waals surface area contributed by atoms with Gasteiger partial charge in [0, 0.05) is 19.5 Å². The molecule has 0 aromatic carbocycles. The number of ether oxygens (including phenoxy) is 1. The van der Waals surface area contributed by atoms with Crippen molar-refractivity contribution in [2.45, 2.75) is 38.5 Å². The zero-order valence-corrected chi connectivity index (χ0v) is 9.42. The van der Waals surface area contributed by atoms with E-state index < -0.39 is 12.3 Å². The van der Waals surface area contributed by atoms with E-state index >= 15 is 0 Å².